The van der Waals surface area contributed by atoms with Crippen LogP contribution in [0.4, 0.5) is 0 Å². The zero-order valence-corrected chi connectivity index (χ0v) is 11.1. The van der Waals surface area contributed by atoms with E-state index in [0.29, 0.717) is 0 Å². The summed E-state index contributed by atoms with van der Waals surface area (Å²) in [6.45, 7) is 2.20. The number of nitrogens with one attached hydrogen (secondary N) is 1. The molecule has 0 amide bonds. The van der Waals surface area contributed by atoms with Gasteiger partial charge < -0.3 is 9.40 Å². The van der Waals surface area contributed by atoms with Gasteiger partial charge in [-0.25, -0.2) is 4.98 Å². The SMILES string of the molecule is CCCCCc1ncc(-c2c[nH]c3ccccc23)o1. The molecule has 3 nitrogen and oxygen atoms in total. The second kappa shape index (κ2) is 5.31. The molecular weight excluding hydrogens is 236 g/mol. The molecule has 0 aliphatic carbocycles. The summed E-state index contributed by atoms with van der Waals surface area (Å²) in [5, 5.41) is 1.18. The monoisotopic (exact) mass is 254 g/mol. The molecule has 1 N–H and O–H groups in total. The van der Waals surface area contributed by atoms with Crippen molar-refractivity contribution in [3.8, 4) is 11.3 Å². The van der Waals surface area contributed by atoms with E-state index in [4.69, 9.17) is 4.42 Å². The van der Waals surface area contributed by atoms with Gasteiger partial charge in [0.1, 0.15) is 0 Å². The number of fused-ring (bicyclic) bond motifs is 1. The van der Waals surface area contributed by atoms with Gasteiger partial charge in [-0.3, -0.25) is 0 Å². The molecule has 0 radical (unpaired) electrons. The van der Waals surface area contributed by atoms with Gasteiger partial charge in [0.25, 0.3) is 0 Å². The van der Waals surface area contributed by atoms with E-state index in [2.05, 4.69) is 29.0 Å². The zero-order valence-electron chi connectivity index (χ0n) is 11.1. The predicted molar refractivity (Wildman–Crippen MR) is 77.0 cm³/mol. The number of aromatic nitrogens is 2. The fourth-order valence-corrected chi connectivity index (χ4v) is 2.35. The summed E-state index contributed by atoms with van der Waals surface area (Å²) in [6, 6.07) is 8.23. The van der Waals surface area contributed by atoms with Crippen molar-refractivity contribution in [3.63, 3.8) is 0 Å². The Bertz CT molecular complexity index is 666. The highest BCUT2D eigenvalue weighted by atomic mass is 16.4. The van der Waals surface area contributed by atoms with Gasteiger partial charge in [-0.2, -0.15) is 0 Å². The van der Waals surface area contributed by atoms with Crippen molar-refractivity contribution < 1.29 is 4.42 Å². The molecule has 19 heavy (non-hydrogen) atoms. The summed E-state index contributed by atoms with van der Waals surface area (Å²) in [5.74, 6) is 1.69. The van der Waals surface area contributed by atoms with Gasteiger partial charge in [-0.1, -0.05) is 38.0 Å². The Morgan fingerprint density at radius 3 is 3.00 bits per heavy atom. The van der Waals surface area contributed by atoms with E-state index in [9.17, 15) is 0 Å². The van der Waals surface area contributed by atoms with Crippen molar-refractivity contribution in [2.24, 2.45) is 0 Å². The quantitative estimate of drug-likeness (QED) is 0.678. The first kappa shape index (κ1) is 12.0. The first-order valence-electron chi connectivity index (χ1n) is 6.89. The maximum absolute atomic E-state index is 5.85. The third-order valence-electron chi connectivity index (χ3n) is 3.40. The van der Waals surface area contributed by atoms with Gasteiger partial charge in [-0.05, 0) is 12.5 Å². The molecule has 0 saturated heterocycles. The topological polar surface area (TPSA) is 41.8 Å². The van der Waals surface area contributed by atoms with E-state index in [1.165, 1.54) is 18.2 Å². The van der Waals surface area contributed by atoms with Gasteiger partial charge in [-0.15, -0.1) is 0 Å². The van der Waals surface area contributed by atoms with Crippen LogP contribution < -0.4 is 0 Å². The van der Waals surface area contributed by atoms with E-state index in [1.54, 1.807) is 0 Å². The third-order valence-corrected chi connectivity index (χ3v) is 3.40. The average molecular weight is 254 g/mol. The molecule has 2 heterocycles. The smallest absolute Gasteiger partial charge is 0.194 e. The van der Waals surface area contributed by atoms with Crippen molar-refractivity contribution in [1.29, 1.82) is 0 Å². The van der Waals surface area contributed by atoms with Crippen LogP contribution in [-0.4, -0.2) is 9.97 Å². The molecule has 0 spiro atoms. The Balaban J connectivity index is 1.86. The normalized spacial score (nSPS) is 11.2. The van der Waals surface area contributed by atoms with Crippen molar-refractivity contribution in [1.82, 2.24) is 9.97 Å². The summed E-state index contributed by atoms with van der Waals surface area (Å²) in [6.07, 6.45) is 8.33. The minimum Gasteiger partial charge on any atom is -0.441 e. The molecule has 0 aliphatic rings. The fraction of sp³-hybridized carbons (Fsp3) is 0.312. The number of aryl methyl sites for hydroxylation is 1. The number of nitrogens with zero attached hydrogens (tertiary/aromatic N) is 1. The van der Waals surface area contributed by atoms with Gasteiger partial charge in [0, 0.05) is 29.1 Å². The molecule has 98 valence electrons. The molecule has 0 bridgehead atoms. The molecule has 2 aromatic heterocycles. The standard InChI is InChI=1S/C16H18N2O/c1-2-3-4-9-16-18-11-15(19-16)13-10-17-14-8-6-5-7-12(13)14/h5-8,10-11,17H,2-4,9H2,1H3. The molecule has 3 heteroatoms. The third kappa shape index (κ3) is 2.41. The summed E-state index contributed by atoms with van der Waals surface area (Å²) in [5.41, 5.74) is 2.21. The molecule has 3 aromatic rings. The maximum atomic E-state index is 5.85. The molecule has 0 unspecified atom stereocenters. The number of aromatic amines is 1. The number of H-pyrrole nitrogens is 1. The van der Waals surface area contributed by atoms with Crippen molar-refractivity contribution in [2.45, 2.75) is 32.6 Å². The van der Waals surface area contributed by atoms with Crippen molar-refractivity contribution in [2.75, 3.05) is 0 Å². The number of para-hydroxylation sites is 1. The van der Waals surface area contributed by atoms with E-state index in [-0.39, 0.29) is 0 Å². The lowest BCUT2D eigenvalue weighted by molar-refractivity contribution is 0.493. The Labute approximate surface area is 112 Å². The highest BCUT2D eigenvalue weighted by Gasteiger charge is 2.10. The van der Waals surface area contributed by atoms with Crippen LogP contribution >= 0.6 is 0 Å². The van der Waals surface area contributed by atoms with Crippen LogP contribution in [0.5, 0.6) is 0 Å². The summed E-state index contributed by atoms with van der Waals surface area (Å²) in [7, 11) is 0. The van der Waals surface area contributed by atoms with E-state index in [1.807, 2.05) is 24.5 Å². The number of rotatable bonds is 5. The molecule has 1 aromatic carbocycles. The van der Waals surface area contributed by atoms with Gasteiger partial charge in [0.2, 0.25) is 0 Å². The first-order chi connectivity index (χ1) is 9.38. The first-order valence-corrected chi connectivity index (χ1v) is 6.89. The second-order valence-electron chi connectivity index (χ2n) is 4.82. The van der Waals surface area contributed by atoms with E-state index < -0.39 is 0 Å². The second-order valence-corrected chi connectivity index (χ2v) is 4.82. The van der Waals surface area contributed by atoms with Crippen LogP contribution in [0.2, 0.25) is 0 Å². The highest BCUT2D eigenvalue weighted by Crippen LogP contribution is 2.29. The molecule has 3 rings (SSSR count). The number of hydrogen-bond donors (Lipinski definition) is 1. The molecular formula is C16H18N2O. The molecule has 0 aliphatic heterocycles. The van der Waals surface area contributed by atoms with Crippen LogP contribution in [0.1, 0.15) is 32.1 Å². The summed E-state index contributed by atoms with van der Waals surface area (Å²) >= 11 is 0. The fourth-order valence-electron chi connectivity index (χ4n) is 2.35. The van der Waals surface area contributed by atoms with E-state index in [0.717, 1.165) is 35.6 Å². The van der Waals surface area contributed by atoms with E-state index >= 15 is 0 Å². The van der Waals surface area contributed by atoms with Crippen LogP contribution in [0, 0.1) is 0 Å². The molecule has 0 saturated carbocycles. The lowest BCUT2D eigenvalue weighted by Gasteiger charge is -1.95. The highest BCUT2D eigenvalue weighted by molar-refractivity contribution is 5.93. The lowest BCUT2D eigenvalue weighted by atomic mass is 10.1. The van der Waals surface area contributed by atoms with Crippen molar-refractivity contribution >= 4 is 10.9 Å². The summed E-state index contributed by atoms with van der Waals surface area (Å²) < 4.78 is 5.85. The van der Waals surface area contributed by atoms with Gasteiger partial charge in [0.05, 0.1) is 6.20 Å². The van der Waals surface area contributed by atoms with Crippen molar-refractivity contribution in [3.05, 3.63) is 42.5 Å². The van der Waals surface area contributed by atoms with Crippen LogP contribution in [0.3, 0.4) is 0 Å². The van der Waals surface area contributed by atoms with Crippen LogP contribution in [0.25, 0.3) is 22.2 Å². The number of oxazole rings is 1. The maximum Gasteiger partial charge on any atom is 0.194 e. The molecule has 0 atom stereocenters. The largest absolute Gasteiger partial charge is 0.441 e. The Morgan fingerprint density at radius 1 is 1.21 bits per heavy atom. The summed E-state index contributed by atoms with van der Waals surface area (Å²) in [4.78, 5) is 7.63. The number of benzene rings is 1. The Kier molecular flexibility index (Phi) is 3.36. The predicted octanol–water partition coefficient (Wildman–Crippen LogP) is 4.56. The average Bonchev–Trinajstić information content (AvgIpc) is 3.05. The number of hydrogen-bond acceptors (Lipinski definition) is 2. The zero-order chi connectivity index (χ0) is 13.1. The van der Waals surface area contributed by atoms with Crippen LogP contribution in [0.15, 0.2) is 41.1 Å². The minimum atomic E-state index is 0.841. The van der Waals surface area contributed by atoms with Gasteiger partial charge in [0.15, 0.2) is 11.7 Å². The molecule has 0 fully saturated rings. The Morgan fingerprint density at radius 2 is 2.11 bits per heavy atom. The minimum absolute atomic E-state index is 0.841. The van der Waals surface area contributed by atoms with Gasteiger partial charge >= 0.3 is 0 Å². The Hall–Kier alpha value is -2.03. The number of unbranched alkanes of at least 4 members (excludes halogenated alkanes) is 2. The van der Waals surface area contributed by atoms with Crippen LogP contribution in [-0.2, 0) is 6.42 Å². The lowest BCUT2D eigenvalue weighted by Crippen LogP contribution is -1.83.